The number of esters is 1. The smallest absolute Gasteiger partial charge is 0.416 e. The van der Waals surface area contributed by atoms with Crippen LogP contribution in [0.15, 0.2) is 36.5 Å². The molecule has 0 saturated carbocycles. The molecule has 1 atom stereocenters. The number of aromatic nitrogens is 2. The van der Waals surface area contributed by atoms with Crippen LogP contribution in [0.3, 0.4) is 0 Å². The summed E-state index contributed by atoms with van der Waals surface area (Å²) in [5.74, 6) is -1.01. The Labute approximate surface area is 192 Å². The summed E-state index contributed by atoms with van der Waals surface area (Å²) in [6, 6.07) is 6.10. The lowest BCUT2D eigenvalue weighted by atomic mass is 9.95. The van der Waals surface area contributed by atoms with E-state index in [4.69, 9.17) is 14.2 Å². The zero-order valence-corrected chi connectivity index (χ0v) is 18.7. The van der Waals surface area contributed by atoms with E-state index < -0.39 is 29.7 Å². The van der Waals surface area contributed by atoms with Gasteiger partial charge in [0.15, 0.2) is 11.5 Å². The molecule has 1 unspecified atom stereocenters. The lowest BCUT2D eigenvalue weighted by Crippen LogP contribution is -2.45. The number of rotatable bonds is 4. The quantitative estimate of drug-likeness (QED) is 0.423. The van der Waals surface area contributed by atoms with Gasteiger partial charge >= 0.3 is 18.1 Å². The van der Waals surface area contributed by atoms with Gasteiger partial charge in [0, 0.05) is 19.2 Å². The number of ether oxygens (including phenoxy) is 3. The second-order valence-corrected chi connectivity index (χ2v) is 7.57. The van der Waals surface area contributed by atoms with Gasteiger partial charge in [-0.2, -0.15) is 13.2 Å². The minimum Gasteiger partial charge on any atom is -0.493 e. The van der Waals surface area contributed by atoms with Crippen molar-refractivity contribution in [2.75, 3.05) is 27.4 Å². The summed E-state index contributed by atoms with van der Waals surface area (Å²) >= 11 is 0. The lowest BCUT2D eigenvalue weighted by molar-refractivity contribution is -0.161. The van der Waals surface area contributed by atoms with Gasteiger partial charge in [0.05, 0.1) is 37.8 Å². The minimum atomic E-state index is -4.52. The van der Waals surface area contributed by atoms with Gasteiger partial charge in [-0.15, -0.1) is 0 Å². The van der Waals surface area contributed by atoms with Crippen molar-refractivity contribution in [1.29, 1.82) is 0 Å². The van der Waals surface area contributed by atoms with Crippen LogP contribution in [-0.4, -0.2) is 53.5 Å². The average Bonchev–Trinajstić information content (AvgIpc) is 3.20. The number of benzene rings is 1. The monoisotopic (exact) mass is 477 g/mol. The molecule has 1 amide bonds. The molecule has 3 aromatic rings. The predicted molar refractivity (Wildman–Crippen MR) is 114 cm³/mol. The summed E-state index contributed by atoms with van der Waals surface area (Å²) in [6.45, 7) is 1.74. The molecule has 1 aromatic carbocycles. The molecule has 1 aliphatic heterocycles. The summed E-state index contributed by atoms with van der Waals surface area (Å²) in [5.41, 5.74) is 0.852. The van der Waals surface area contributed by atoms with E-state index in [9.17, 15) is 22.8 Å². The number of nitrogens with zero attached hydrogens (tertiary/aromatic N) is 3. The van der Waals surface area contributed by atoms with Gasteiger partial charge < -0.3 is 23.5 Å². The fraction of sp³-hybridized carbons (Fsp3) is 0.348. The van der Waals surface area contributed by atoms with Gasteiger partial charge in [-0.25, -0.2) is 9.78 Å². The number of imidazole rings is 1. The summed E-state index contributed by atoms with van der Waals surface area (Å²) < 4.78 is 56.9. The molecule has 4 rings (SSSR count). The highest BCUT2D eigenvalue weighted by Crippen LogP contribution is 2.40. The molecule has 11 heteroatoms. The van der Waals surface area contributed by atoms with Crippen LogP contribution in [0.1, 0.15) is 35.5 Å². The number of fused-ring (bicyclic) bond motifs is 3. The molecule has 0 radical (unpaired) electrons. The van der Waals surface area contributed by atoms with E-state index in [1.54, 1.807) is 25.1 Å². The van der Waals surface area contributed by atoms with Gasteiger partial charge in [0.25, 0.3) is 0 Å². The standard InChI is InChI=1S/C23H22F3N3O5/c1-4-34-22(31)21(30)29-10-8-15-20(19(29)13-5-6-16(32-2)17(11-13)33-3)28-9-7-14(23(24,25)26)12-18(28)27-15/h5-7,9,11-12,19H,4,8,10H2,1-3H3. The number of hydrogen-bond acceptors (Lipinski definition) is 6. The Morgan fingerprint density at radius 1 is 1.12 bits per heavy atom. The number of methoxy groups -OCH3 is 2. The molecule has 180 valence electrons. The first kappa shape index (κ1) is 23.4. The summed E-state index contributed by atoms with van der Waals surface area (Å²) in [5, 5.41) is 0. The van der Waals surface area contributed by atoms with E-state index in [2.05, 4.69) is 4.98 Å². The molecule has 0 bridgehead atoms. The number of alkyl halides is 3. The van der Waals surface area contributed by atoms with E-state index >= 15 is 0 Å². The Kier molecular flexibility index (Phi) is 6.11. The van der Waals surface area contributed by atoms with Gasteiger partial charge in [-0.05, 0) is 36.8 Å². The Morgan fingerprint density at radius 3 is 2.50 bits per heavy atom. The number of amides is 1. The Bertz CT molecular complexity index is 1250. The molecule has 0 spiro atoms. The highest BCUT2D eigenvalue weighted by Gasteiger charge is 2.39. The van der Waals surface area contributed by atoms with Gasteiger partial charge in [-0.1, -0.05) is 6.07 Å². The Morgan fingerprint density at radius 2 is 1.85 bits per heavy atom. The van der Waals surface area contributed by atoms with Gasteiger partial charge in [0.1, 0.15) is 11.7 Å². The van der Waals surface area contributed by atoms with Crippen LogP contribution in [0.4, 0.5) is 13.2 Å². The van der Waals surface area contributed by atoms with Crippen LogP contribution in [0.25, 0.3) is 5.65 Å². The molecule has 1 aliphatic rings. The largest absolute Gasteiger partial charge is 0.493 e. The zero-order chi connectivity index (χ0) is 24.6. The molecule has 3 heterocycles. The number of halogens is 3. The van der Waals surface area contributed by atoms with Gasteiger partial charge in [-0.3, -0.25) is 4.79 Å². The van der Waals surface area contributed by atoms with Gasteiger partial charge in [0.2, 0.25) is 0 Å². The minimum absolute atomic E-state index is 0.0283. The highest BCUT2D eigenvalue weighted by molar-refractivity contribution is 6.32. The van der Waals surface area contributed by atoms with E-state index in [-0.39, 0.29) is 25.2 Å². The van der Waals surface area contributed by atoms with Crippen molar-refractivity contribution in [2.24, 2.45) is 0 Å². The average molecular weight is 477 g/mol. The van der Waals surface area contributed by atoms with Crippen molar-refractivity contribution in [2.45, 2.75) is 25.6 Å². The fourth-order valence-corrected chi connectivity index (χ4v) is 4.15. The third-order valence-corrected chi connectivity index (χ3v) is 5.66. The summed E-state index contributed by atoms with van der Waals surface area (Å²) in [4.78, 5) is 31.1. The first-order valence-corrected chi connectivity index (χ1v) is 10.5. The Hall–Kier alpha value is -3.76. The Balaban J connectivity index is 1.91. The lowest BCUT2D eigenvalue weighted by Gasteiger charge is -2.35. The zero-order valence-electron chi connectivity index (χ0n) is 18.7. The van der Waals surface area contributed by atoms with Crippen LogP contribution >= 0.6 is 0 Å². The molecule has 34 heavy (non-hydrogen) atoms. The van der Waals surface area contributed by atoms with Crippen molar-refractivity contribution in [3.63, 3.8) is 0 Å². The van der Waals surface area contributed by atoms with Crippen LogP contribution in [-0.2, 0) is 26.9 Å². The number of hydrogen-bond donors (Lipinski definition) is 0. The second-order valence-electron chi connectivity index (χ2n) is 7.57. The van der Waals surface area contributed by atoms with E-state index in [0.717, 1.165) is 12.1 Å². The summed E-state index contributed by atoms with van der Waals surface area (Å²) in [7, 11) is 2.94. The second kappa shape index (κ2) is 8.88. The first-order chi connectivity index (χ1) is 16.2. The third-order valence-electron chi connectivity index (χ3n) is 5.66. The van der Waals surface area contributed by atoms with Crippen molar-refractivity contribution >= 4 is 17.5 Å². The SMILES string of the molecule is CCOC(=O)C(=O)N1CCc2nc3cc(C(F)(F)F)ccn3c2C1c1ccc(OC)c(OC)c1. The number of carbonyl (C=O) groups is 2. The maximum atomic E-state index is 13.3. The molecule has 0 N–H and O–H groups in total. The number of carbonyl (C=O) groups excluding carboxylic acids is 2. The predicted octanol–water partition coefficient (Wildman–Crippen LogP) is 3.41. The maximum absolute atomic E-state index is 13.3. The van der Waals surface area contributed by atoms with Crippen molar-refractivity contribution in [3.8, 4) is 11.5 Å². The van der Waals surface area contributed by atoms with E-state index in [0.29, 0.717) is 28.5 Å². The molecular weight excluding hydrogens is 455 g/mol. The molecule has 0 fully saturated rings. The topological polar surface area (TPSA) is 82.4 Å². The maximum Gasteiger partial charge on any atom is 0.416 e. The van der Waals surface area contributed by atoms with Crippen molar-refractivity contribution in [3.05, 3.63) is 59.0 Å². The molecule has 8 nitrogen and oxygen atoms in total. The highest BCUT2D eigenvalue weighted by atomic mass is 19.4. The molecular formula is C23H22F3N3O5. The van der Waals surface area contributed by atoms with Crippen LogP contribution in [0.5, 0.6) is 11.5 Å². The molecule has 2 aromatic heterocycles. The third kappa shape index (κ3) is 4.02. The molecule has 0 saturated heterocycles. The summed E-state index contributed by atoms with van der Waals surface area (Å²) in [6.07, 6.45) is -2.99. The van der Waals surface area contributed by atoms with E-state index in [1.165, 1.54) is 29.7 Å². The fourth-order valence-electron chi connectivity index (χ4n) is 4.15. The van der Waals surface area contributed by atoms with Crippen molar-refractivity contribution in [1.82, 2.24) is 14.3 Å². The first-order valence-electron chi connectivity index (χ1n) is 10.5. The van der Waals surface area contributed by atoms with Crippen LogP contribution < -0.4 is 9.47 Å². The normalized spacial score (nSPS) is 15.7. The number of pyridine rings is 1. The van der Waals surface area contributed by atoms with Crippen LogP contribution in [0.2, 0.25) is 0 Å². The van der Waals surface area contributed by atoms with E-state index in [1.807, 2.05) is 0 Å². The van der Waals surface area contributed by atoms with Crippen molar-refractivity contribution < 1.29 is 37.0 Å². The van der Waals surface area contributed by atoms with Crippen LogP contribution in [0, 0.1) is 0 Å². The molecule has 0 aliphatic carbocycles.